The molecule has 2 aromatic carbocycles. The lowest BCUT2D eigenvalue weighted by atomic mass is 10.1. The lowest BCUT2D eigenvalue weighted by molar-refractivity contribution is -0.112. The third-order valence-electron chi connectivity index (χ3n) is 4.43. The highest BCUT2D eigenvalue weighted by Gasteiger charge is 2.09. The molecule has 3 aromatic rings. The summed E-state index contributed by atoms with van der Waals surface area (Å²) in [4.78, 5) is 25.9. The van der Waals surface area contributed by atoms with Crippen molar-refractivity contribution in [2.24, 2.45) is 4.99 Å². The molecule has 1 heterocycles. The van der Waals surface area contributed by atoms with E-state index >= 15 is 0 Å². The van der Waals surface area contributed by atoms with Gasteiger partial charge in [-0.15, -0.1) is 0 Å². The van der Waals surface area contributed by atoms with Crippen LogP contribution >= 0.6 is 23.2 Å². The first kappa shape index (κ1) is 23.4. The number of benzene rings is 2. The molecule has 0 aliphatic carbocycles. The van der Waals surface area contributed by atoms with Crippen LogP contribution in [0.25, 0.3) is 11.0 Å². The monoisotopic (exact) mass is 464 g/mol. The predicted octanol–water partition coefficient (Wildman–Crippen LogP) is 6.79. The zero-order valence-electron chi connectivity index (χ0n) is 17.9. The molecule has 0 aliphatic rings. The van der Waals surface area contributed by atoms with Gasteiger partial charge in [0.25, 0.3) is 5.91 Å². The minimum absolute atomic E-state index is 0.273. The molecular formula is C25H22Cl2N4O. The number of allylic oxidation sites excluding steroid dienone is 3. The zero-order chi connectivity index (χ0) is 23.1. The third kappa shape index (κ3) is 6.13. The number of carbonyl (C=O) groups is 1. The summed E-state index contributed by atoms with van der Waals surface area (Å²) in [6, 6.07) is 10.7. The van der Waals surface area contributed by atoms with Crippen LogP contribution in [0.5, 0.6) is 0 Å². The van der Waals surface area contributed by atoms with Gasteiger partial charge in [0.2, 0.25) is 0 Å². The van der Waals surface area contributed by atoms with Gasteiger partial charge in [0.15, 0.2) is 0 Å². The largest absolute Gasteiger partial charge is 0.322 e. The van der Waals surface area contributed by atoms with Gasteiger partial charge in [-0.1, -0.05) is 40.9 Å². The van der Waals surface area contributed by atoms with Gasteiger partial charge in [0.05, 0.1) is 21.1 Å². The number of halogens is 2. The Bertz CT molecular complexity index is 1250. The molecule has 7 heteroatoms. The number of rotatable bonds is 6. The highest BCUT2D eigenvalue weighted by Crippen LogP contribution is 2.25. The first-order chi connectivity index (χ1) is 15.3. The van der Waals surface area contributed by atoms with E-state index in [1.54, 1.807) is 61.1 Å². The molecule has 0 radical (unpaired) electrons. The van der Waals surface area contributed by atoms with E-state index in [2.05, 4.69) is 20.3 Å². The Kier molecular flexibility index (Phi) is 7.92. The summed E-state index contributed by atoms with van der Waals surface area (Å²) >= 11 is 12.5. The molecule has 32 heavy (non-hydrogen) atoms. The average molecular weight is 465 g/mol. The number of nitrogens with one attached hydrogen (secondary N) is 1. The second kappa shape index (κ2) is 10.8. The van der Waals surface area contributed by atoms with E-state index in [4.69, 9.17) is 23.2 Å². The van der Waals surface area contributed by atoms with Crippen LogP contribution in [-0.4, -0.2) is 21.6 Å². The molecule has 1 amide bonds. The molecule has 0 bridgehead atoms. The van der Waals surface area contributed by atoms with E-state index in [9.17, 15) is 4.79 Å². The summed E-state index contributed by atoms with van der Waals surface area (Å²) in [7, 11) is 0. The summed E-state index contributed by atoms with van der Waals surface area (Å²) in [5.41, 5.74) is 4.90. The number of carbonyl (C=O) groups excluding carboxylic acids is 1. The molecule has 1 N–H and O–H groups in total. The van der Waals surface area contributed by atoms with Crippen molar-refractivity contribution in [1.82, 2.24) is 9.97 Å². The molecule has 3 rings (SSSR count). The van der Waals surface area contributed by atoms with Crippen LogP contribution in [0.15, 0.2) is 89.4 Å². The van der Waals surface area contributed by atoms with Gasteiger partial charge in [-0.25, -0.2) is 0 Å². The van der Waals surface area contributed by atoms with Crippen LogP contribution in [-0.2, 0) is 4.79 Å². The van der Waals surface area contributed by atoms with Crippen LogP contribution in [0.3, 0.4) is 0 Å². The molecule has 162 valence electrons. The van der Waals surface area contributed by atoms with E-state index in [-0.39, 0.29) is 5.91 Å². The highest BCUT2D eigenvalue weighted by molar-refractivity contribution is 6.40. The number of hydrogen-bond donors (Lipinski definition) is 1. The van der Waals surface area contributed by atoms with Gasteiger partial charge >= 0.3 is 0 Å². The minimum Gasteiger partial charge on any atom is -0.322 e. The molecule has 5 nitrogen and oxygen atoms in total. The van der Waals surface area contributed by atoms with Crippen molar-refractivity contribution in [3.63, 3.8) is 0 Å². The number of hydrogen-bond acceptors (Lipinski definition) is 4. The van der Waals surface area contributed by atoms with Crippen molar-refractivity contribution < 1.29 is 4.79 Å². The summed E-state index contributed by atoms with van der Waals surface area (Å²) < 4.78 is 0. The number of aliphatic imine (C=N–C) groups is 1. The van der Waals surface area contributed by atoms with E-state index in [0.717, 1.165) is 11.1 Å². The topological polar surface area (TPSA) is 67.2 Å². The Labute approximate surface area is 197 Å². The Morgan fingerprint density at radius 2 is 1.66 bits per heavy atom. The van der Waals surface area contributed by atoms with Gasteiger partial charge in [-0.2, -0.15) is 0 Å². The van der Waals surface area contributed by atoms with Crippen LogP contribution in [0.1, 0.15) is 26.3 Å². The van der Waals surface area contributed by atoms with Crippen molar-refractivity contribution in [2.75, 3.05) is 5.32 Å². The summed E-state index contributed by atoms with van der Waals surface area (Å²) in [6.07, 6.45) is 10.1. The fraction of sp³-hybridized carbons (Fsp3) is 0.120. The van der Waals surface area contributed by atoms with Crippen molar-refractivity contribution in [1.29, 1.82) is 0 Å². The zero-order valence-corrected chi connectivity index (χ0v) is 19.4. The second-order valence-corrected chi connectivity index (χ2v) is 8.02. The summed E-state index contributed by atoms with van der Waals surface area (Å²) in [5, 5.41) is 3.94. The lowest BCUT2D eigenvalue weighted by Gasteiger charge is -2.07. The van der Waals surface area contributed by atoms with Crippen molar-refractivity contribution in [2.45, 2.75) is 20.8 Å². The molecule has 0 aliphatic heterocycles. The SMILES string of the molecule is CC(C)=C/C=C(\C=C\N=C(C)c1c(Cl)cccc1Cl)C(=O)Nc1ccc2nccnc2c1. The first-order valence-electron chi connectivity index (χ1n) is 9.88. The Morgan fingerprint density at radius 1 is 0.969 bits per heavy atom. The fourth-order valence-electron chi connectivity index (χ4n) is 2.85. The summed E-state index contributed by atoms with van der Waals surface area (Å²) in [5.74, 6) is -0.273. The van der Waals surface area contributed by atoms with Gasteiger partial charge in [0.1, 0.15) is 0 Å². The smallest absolute Gasteiger partial charge is 0.255 e. The van der Waals surface area contributed by atoms with Gasteiger partial charge < -0.3 is 5.32 Å². The Hall–Kier alpha value is -3.28. The highest BCUT2D eigenvalue weighted by atomic mass is 35.5. The van der Waals surface area contributed by atoms with Crippen molar-refractivity contribution >= 4 is 51.5 Å². The number of aromatic nitrogens is 2. The molecular weight excluding hydrogens is 443 g/mol. The molecule has 0 saturated heterocycles. The lowest BCUT2D eigenvalue weighted by Crippen LogP contribution is -2.13. The molecule has 0 atom stereocenters. The molecule has 0 unspecified atom stereocenters. The molecule has 0 spiro atoms. The molecule has 0 saturated carbocycles. The van der Waals surface area contributed by atoms with Gasteiger partial charge in [-0.05, 0) is 63.3 Å². The van der Waals surface area contributed by atoms with Crippen LogP contribution in [0.2, 0.25) is 10.0 Å². The minimum atomic E-state index is -0.273. The second-order valence-electron chi connectivity index (χ2n) is 7.21. The van der Waals surface area contributed by atoms with Crippen LogP contribution < -0.4 is 5.32 Å². The number of nitrogens with zero attached hydrogens (tertiary/aromatic N) is 3. The summed E-state index contributed by atoms with van der Waals surface area (Å²) in [6.45, 7) is 5.73. The Morgan fingerprint density at radius 3 is 2.34 bits per heavy atom. The fourth-order valence-corrected chi connectivity index (χ4v) is 3.52. The van der Waals surface area contributed by atoms with Gasteiger partial charge in [-0.3, -0.25) is 19.8 Å². The maximum absolute atomic E-state index is 12.9. The first-order valence-corrected chi connectivity index (χ1v) is 10.6. The third-order valence-corrected chi connectivity index (χ3v) is 5.06. The number of anilines is 1. The molecule has 0 fully saturated rings. The maximum Gasteiger partial charge on any atom is 0.255 e. The Balaban J connectivity index is 1.84. The standard InChI is InChI=1S/C25H22Cl2N4O/c1-16(2)7-8-18(11-12-28-17(3)24-20(26)5-4-6-21(24)27)25(32)31-19-9-10-22-23(15-19)30-14-13-29-22/h4-15H,1-3H3,(H,31,32)/b12-11+,18-8+,28-17?. The quantitative estimate of drug-likeness (QED) is 0.248. The van der Waals surface area contributed by atoms with Crippen molar-refractivity contribution in [3.05, 3.63) is 100.0 Å². The number of amides is 1. The van der Waals surface area contributed by atoms with E-state index in [0.29, 0.717) is 38.1 Å². The maximum atomic E-state index is 12.9. The number of fused-ring (bicyclic) bond motifs is 1. The van der Waals surface area contributed by atoms with Crippen LogP contribution in [0, 0.1) is 0 Å². The molecule has 1 aromatic heterocycles. The normalized spacial score (nSPS) is 12.3. The average Bonchev–Trinajstić information content (AvgIpc) is 2.75. The van der Waals surface area contributed by atoms with Crippen LogP contribution in [0.4, 0.5) is 5.69 Å². The van der Waals surface area contributed by atoms with E-state index in [1.807, 2.05) is 32.9 Å². The van der Waals surface area contributed by atoms with Gasteiger partial charge in [0, 0.05) is 41.1 Å². The predicted molar refractivity (Wildman–Crippen MR) is 133 cm³/mol. The van der Waals surface area contributed by atoms with E-state index < -0.39 is 0 Å². The van der Waals surface area contributed by atoms with Crippen molar-refractivity contribution in [3.8, 4) is 0 Å². The van der Waals surface area contributed by atoms with E-state index in [1.165, 1.54) is 0 Å².